The van der Waals surface area contributed by atoms with E-state index in [1.54, 1.807) is 18.2 Å². The van der Waals surface area contributed by atoms with E-state index in [-0.39, 0.29) is 24.7 Å². The molecule has 0 aliphatic carbocycles. The predicted molar refractivity (Wildman–Crippen MR) is 86.2 cm³/mol. The summed E-state index contributed by atoms with van der Waals surface area (Å²) in [6.07, 6.45) is -0.250. The van der Waals surface area contributed by atoms with Gasteiger partial charge in [0.15, 0.2) is 5.78 Å². The van der Waals surface area contributed by atoms with Crippen molar-refractivity contribution in [3.8, 4) is 6.07 Å². The minimum Gasteiger partial charge on any atom is -0.327 e. The minimum absolute atomic E-state index is 0.0965. The molecule has 0 radical (unpaired) electrons. The van der Waals surface area contributed by atoms with Crippen molar-refractivity contribution in [3.63, 3.8) is 0 Å². The maximum absolute atomic E-state index is 12.3. The first-order valence-corrected chi connectivity index (χ1v) is 7.46. The smallest absolute Gasteiger partial charge is 0.237 e. The Morgan fingerprint density at radius 1 is 1.36 bits per heavy atom. The van der Waals surface area contributed by atoms with Crippen LogP contribution in [-0.2, 0) is 16.1 Å². The number of hydrogen-bond acceptors (Lipinski definition) is 3. The molecule has 0 heterocycles. The molecule has 4 nitrogen and oxygen atoms in total. The Labute approximate surface area is 136 Å². The van der Waals surface area contributed by atoms with Crippen LogP contribution >= 0.6 is 11.6 Å². The fourth-order valence-corrected chi connectivity index (χ4v) is 2.83. The second-order valence-corrected chi connectivity index (χ2v) is 6.80. The van der Waals surface area contributed by atoms with Gasteiger partial charge in [0.2, 0.25) is 5.91 Å². The Bertz CT molecular complexity index is 599. The van der Waals surface area contributed by atoms with E-state index in [1.165, 1.54) is 11.8 Å². The molecule has 5 heteroatoms. The third kappa shape index (κ3) is 4.85. The summed E-state index contributed by atoms with van der Waals surface area (Å²) in [6, 6.07) is 8.42. The average Bonchev–Trinajstić information content (AvgIpc) is 2.36. The molecule has 0 spiro atoms. The van der Waals surface area contributed by atoms with Gasteiger partial charge in [-0.25, -0.2) is 0 Å². The molecule has 0 N–H and O–H groups in total. The van der Waals surface area contributed by atoms with Crippen molar-refractivity contribution in [2.75, 3.05) is 0 Å². The summed E-state index contributed by atoms with van der Waals surface area (Å²) in [7, 11) is 0. The summed E-state index contributed by atoms with van der Waals surface area (Å²) in [4.78, 5) is 25.9. The van der Waals surface area contributed by atoms with Crippen LogP contribution in [0, 0.1) is 16.7 Å². The van der Waals surface area contributed by atoms with Gasteiger partial charge in [-0.2, -0.15) is 5.26 Å². The lowest BCUT2D eigenvalue weighted by atomic mass is 9.83. The Morgan fingerprint density at radius 3 is 2.45 bits per heavy atom. The van der Waals surface area contributed by atoms with Crippen LogP contribution in [0.5, 0.6) is 0 Å². The summed E-state index contributed by atoms with van der Waals surface area (Å²) in [5, 5.41) is 9.39. The zero-order valence-corrected chi connectivity index (χ0v) is 14.1. The largest absolute Gasteiger partial charge is 0.327 e. The number of benzene rings is 1. The topological polar surface area (TPSA) is 61.2 Å². The van der Waals surface area contributed by atoms with Gasteiger partial charge in [-0.05, 0) is 30.0 Å². The van der Waals surface area contributed by atoms with Crippen molar-refractivity contribution in [2.45, 2.75) is 46.7 Å². The van der Waals surface area contributed by atoms with Crippen LogP contribution in [0.3, 0.4) is 0 Å². The molecular weight excluding hydrogens is 300 g/mol. The molecule has 0 aliphatic rings. The third-order valence-electron chi connectivity index (χ3n) is 3.31. The van der Waals surface area contributed by atoms with Crippen LogP contribution in [0.25, 0.3) is 0 Å². The number of nitriles is 1. The SMILES string of the molecule is CC(=O)[C@@H](N(Cc1cccc(Cl)c1)C(=O)CC#N)C(C)(C)C. The summed E-state index contributed by atoms with van der Waals surface area (Å²) in [5.41, 5.74) is 0.407. The van der Waals surface area contributed by atoms with Gasteiger partial charge >= 0.3 is 0 Å². The highest BCUT2D eigenvalue weighted by Gasteiger charge is 2.36. The number of nitrogens with zero attached hydrogens (tertiary/aromatic N) is 2. The van der Waals surface area contributed by atoms with Crippen LogP contribution in [-0.4, -0.2) is 22.6 Å². The highest BCUT2D eigenvalue weighted by atomic mass is 35.5. The molecule has 22 heavy (non-hydrogen) atoms. The highest BCUT2D eigenvalue weighted by molar-refractivity contribution is 6.30. The molecule has 0 aliphatic heterocycles. The monoisotopic (exact) mass is 320 g/mol. The van der Waals surface area contributed by atoms with Gasteiger partial charge in [-0.3, -0.25) is 9.59 Å². The van der Waals surface area contributed by atoms with E-state index < -0.39 is 11.5 Å². The molecule has 1 aromatic carbocycles. The number of Topliss-reactive ketones (excluding diaryl/α,β-unsaturated/α-hetero) is 1. The lowest BCUT2D eigenvalue weighted by Gasteiger charge is -2.38. The van der Waals surface area contributed by atoms with Gasteiger partial charge < -0.3 is 4.90 Å². The van der Waals surface area contributed by atoms with E-state index in [1.807, 2.05) is 32.9 Å². The van der Waals surface area contributed by atoms with Crippen LogP contribution in [0.2, 0.25) is 5.02 Å². The first-order valence-electron chi connectivity index (χ1n) is 7.08. The molecule has 1 rings (SSSR count). The Morgan fingerprint density at radius 2 is 2.00 bits per heavy atom. The van der Waals surface area contributed by atoms with E-state index >= 15 is 0 Å². The second kappa shape index (κ2) is 7.42. The fraction of sp³-hybridized carbons (Fsp3) is 0.471. The number of rotatable bonds is 5. The quantitative estimate of drug-likeness (QED) is 0.833. The number of hydrogen-bond donors (Lipinski definition) is 0. The zero-order chi connectivity index (χ0) is 16.9. The molecule has 0 fully saturated rings. The molecule has 0 saturated carbocycles. The van der Waals surface area contributed by atoms with Crippen molar-refractivity contribution >= 4 is 23.3 Å². The number of halogens is 1. The molecule has 0 saturated heterocycles. The van der Waals surface area contributed by atoms with E-state index in [2.05, 4.69) is 0 Å². The van der Waals surface area contributed by atoms with Gasteiger partial charge in [0.25, 0.3) is 0 Å². The third-order valence-corrected chi connectivity index (χ3v) is 3.54. The summed E-state index contributed by atoms with van der Waals surface area (Å²) >= 11 is 5.98. The Kier molecular flexibility index (Phi) is 6.13. The van der Waals surface area contributed by atoms with Crippen LogP contribution in [0.15, 0.2) is 24.3 Å². The number of carbonyl (C=O) groups excluding carboxylic acids is 2. The van der Waals surface area contributed by atoms with Gasteiger partial charge in [0, 0.05) is 11.6 Å². The van der Waals surface area contributed by atoms with Crippen molar-refractivity contribution in [1.82, 2.24) is 4.90 Å². The Hall–Kier alpha value is -1.86. The first-order chi connectivity index (χ1) is 10.2. The average molecular weight is 321 g/mol. The number of amides is 1. The lowest BCUT2D eigenvalue weighted by Crippen LogP contribution is -2.50. The minimum atomic E-state index is -0.590. The van der Waals surface area contributed by atoms with Crippen LogP contribution < -0.4 is 0 Å². The number of carbonyl (C=O) groups is 2. The lowest BCUT2D eigenvalue weighted by molar-refractivity contribution is -0.142. The summed E-state index contributed by atoms with van der Waals surface area (Å²) in [5.74, 6) is -0.446. The fourth-order valence-electron chi connectivity index (χ4n) is 2.62. The van der Waals surface area contributed by atoms with E-state index in [0.29, 0.717) is 5.02 Å². The molecule has 118 valence electrons. The summed E-state index contributed by atoms with van der Waals surface area (Å²) in [6.45, 7) is 7.44. The first kappa shape index (κ1) is 18.2. The van der Waals surface area contributed by atoms with Crippen molar-refractivity contribution in [1.29, 1.82) is 5.26 Å². The van der Waals surface area contributed by atoms with E-state index in [0.717, 1.165) is 5.56 Å². The molecular formula is C17H21ClN2O2. The van der Waals surface area contributed by atoms with Crippen molar-refractivity contribution in [3.05, 3.63) is 34.9 Å². The van der Waals surface area contributed by atoms with E-state index in [4.69, 9.17) is 16.9 Å². The zero-order valence-electron chi connectivity index (χ0n) is 13.4. The maximum Gasteiger partial charge on any atom is 0.237 e. The molecule has 0 aromatic heterocycles. The highest BCUT2D eigenvalue weighted by Crippen LogP contribution is 2.27. The van der Waals surface area contributed by atoms with Gasteiger partial charge in [0.1, 0.15) is 6.42 Å². The van der Waals surface area contributed by atoms with Gasteiger partial charge in [-0.15, -0.1) is 0 Å². The van der Waals surface area contributed by atoms with Crippen molar-refractivity contribution in [2.24, 2.45) is 5.41 Å². The Balaban J connectivity index is 3.20. The van der Waals surface area contributed by atoms with Crippen LogP contribution in [0.4, 0.5) is 0 Å². The normalized spacial score (nSPS) is 12.4. The molecule has 1 amide bonds. The number of ketones is 1. The summed E-state index contributed by atoms with van der Waals surface area (Å²) < 4.78 is 0. The molecule has 0 unspecified atom stereocenters. The predicted octanol–water partition coefficient (Wildman–Crippen LogP) is 3.59. The second-order valence-electron chi connectivity index (χ2n) is 6.37. The molecule has 0 bridgehead atoms. The van der Waals surface area contributed by atoms with Crippen LogP contribution in [0.1, 0.15) is 39.7 Å². The molecule has 1 aromatic rings. The standard InChI is InChI=1S/C17H21ClN2O2/c1-12(21)16(17(2,3)4)20(15(22)8-9-19)11-13-6-5-7-14(18)10-13/h5-7,10,16H,8,11H2,1-4H3/t16-/m1/s1. The molecule has 1 atom stereocenters. The van der Waals surface area contributed by atoms with Gasteiger partial charge in [-0.1, -0.05) is 44.5 Å². The van der Waals surface area contributed by atoms with Crippen molar-refractivity contribution < 1.29 is 9.59 Å². The van der Waals surface area contributed by atoms with Gasteiger partial charge in [0.05, 0.1) is 12.1 Å². The van der Waals surface area contributed by atoms with E-state index in [9.17, 15) is 9.59 Å². The maximum atomic E-state index is 12.3.